The maximum atomic E-state index is 13.9. The van der Waals surface area contributed by atoms with Crippen LogP contribution in [0.25, 0.3) is 11.1 Å². The first-order valence-corrected chi connectivity index (χ1v) is 11.0. The molecule has 1 aromatic heterocycles. The Hall–Kier alpha value is -2.67. The van der Waals surface area contributed by atoms with Crippen molar-refractivity contribution in [2.45, 2.75) is 45.1 Å². The number of pyridine rings is 1. The number of nitrogen functional groups attached to an aromatic ring is 1. The van der Waals surface area contributed by atoms with Gasteiger partial charge >= 0.3 is 0 Å². The van der Waals surface area contributed by atoms with E-state index in [1.807, 2.05) is 17.9 Å². The van der Waals surface area contributed by atoms with Gasteiger partial charge in [-0.2, -0.15) is 0 Å². The summed E-state index contributed by atoms with van der Waals surface area (Å²) in [5.41, 5.74) is 11.0. The van der Waals surface area contributed by atoms with Gasteiger partial charge in [0.1, 0.15) is 5.82 Å². The van der Waals surface area contributed by atoms with Crippen molar-refractivity contribution in [3.63, 3.8) is 0 Å². The number of carbonyl (C=O) groups is 1. The summed E-state index contributed by atoms with van der Waals surface area (Å²) in [7, 11) is 1.61. The number of nitrogens with zero attached hydrogens (tertiary/aromatic N) is 3. The molecule has 6 nitrogen and oxygen atoms in total. The number of halogens is 1. The molecule has 1 aliphatic carbocycles. The van der Waals surface area contributed by atoms with Gasteiger partial charge in [-0.3, -0.25) is 4.79 Å². The summed E-state index contributed by atoms with van der Waals surface area (Å²) in [5.74, 6) is 1.04. The molecule has 1 saturated heterocycles. The van der Waals surface area contributed by atoms with E-state index in [1.54, 1.807) is 19.2 Å². The van der Waals surface area contributed by atoms with Gasteiger partial charge < -0.3 is 20.3 Å². The van der Waals surface area contributed by atoms with Gasteiger partial charge in [0, 0.05) is 44.3 Å². The second-order valence-corrected chi connectivity index (χ2v) is 8.64. The Morgan fingerprint density at radius 3 is 2.74 bits per heavy atom. The topological polar surface area (TPSA) is 71.7 Å². The summed E-state index contributed by atoms with van der Waals surface area (Å²) in [6, 6.07) is 6.72. The zero-order valence-electron chi connectivity index (χ0n) is 18.5. The van der Waals surface area contributed by atoms with Crippen molar-refractivity contribution in [1.82, 2.24) is 9.88 Å². The maximum absolute atomic E-state index is 13.9. The van der Waals surface area contributed by atoms with Crippen LogP contribution in [0.15, 0.2) is 24.3 Å². The summed E-state index contributed by atoms with van der Waals surface area (Å²) < 4.78 is 19.0. The Bertz CT molecular complexity index is 976. The van der Waals surface area contributed by atoms with Crippen molar-refractivity contribution in [1.29, 1.82) is 0 Å². The number of anilines is 2. The van der Waals surface area contributed by atoms with E-state index in [2.05, 4.69) is 11.8 Å². The number of benzene rings is 1. The number of ether oxygens (including phenoxy) is 1. The van der Waals surface area contributed by atoms with Gasteiger partial charge in [0.25, 0.3) is 0 Å². The van der Waals surface area contributed by atoms with Gasteiger partial charge in [-0.25, -0.2) is 9.37 Å². The highest BCUT2D eigenvalue weighted by atomic mass is 19.1. The van der Waals surface area contributed by atoms with Crippen LogP contribution in [0.5, 0.6) is 0 Å². The number of hydrogen-bond acceptors (Lipinski definition) is 5. The van der Waals surface area contributed by atoms with Crippen LogP contribution in [0.2, 0.25) is 0 Å². The molecule has 31 heavy (non-hydrogen) atoms. The lowest BCUT2D eigenvalue weighted by Gasteiger charge is -2.41. The summed E-state index contributed by atoms with van der Waals surface area (Å²) in [5, 5.41) is 0. The number of nitrogens with two attached hydrogens (primary N) is 1. The van der Waals surface area contributed by atoms with E-state index in [0.717, 1.165) is 41.0 Å². The van der Waals surface area contributed by atoms with Gasteiger partial charge in [0.15, 0.2) is 5.82 Å². The van der Waals surface area contributed by atoms with Crippen LogP contribution in [0.1, 0.15) is 43.4 Å². The lowest BCUT2D eigenvalue weighted by atomic mass is 9.95. The van der Waals surface area contributed by atoms with Gasteiger partial charge in [0.2, 0.25) is 5.91 Å². The lowest BCUT2D eigenvalue weighted by molar-refractivity contribution is -0.134. The largest absolute Gasteiger partial charge is 0.396 e. The minimum atomic E-state index is -0.260. The van der Waals surface area contributed by atoms with Gasteiger partial charge in [-0.05, 0) is 49.9 Å². The van der Waals surface area contributed by atoms with Crippen molar-refractivity contribution in [2.24, 2.45) is 0 Å². The van der Waals surface area contributed by atoms with Crippen molar-refractivity contribution >= 4 is 17.4 Å². The molecule has 0 radical (unpaired) electrons. The molecule has 0 bridgehead atoms. The molecule has 1 saturated carbocycles. The zero-order chi connectivity index (χ0) is 22.1. The second-order valence-electron chi connectivity index (χ2n) is 8.64. The molecule has 2 N–H and O–H groups in total. The fourth-order valence-corrected chi connectivity index (χ4v) is 4.48. The van der Waals surface area contributed by atoms with E-state index in [0.29, 0.717) is 44.3 Å². The van der Waals surface area contributed by atoms with Crippen molar-refractivity contribution in [3.8, 4) is 11.1 Å². The summed E-state index contributed by atoms with van der Waals surface area (Å²) in [6.07, 6.45) is 2.58. The van der Waals surface area contributed by atoms with Crippen LogP contribution >= 0.6 is 0 Å². The smallest absolute Gasteiger partial charge is 0.225 e. The number of piperazine rings is 1. The van der Waals surface area contributed by atoms with Gasteiger partial charge in [-0.1, -0.05) is 12.1 Å². The maximum Gasteiger partial charge on any atom is 0.225 e. The molecule has 2 aliphatic rings. The highest BCUT2D eigenvalue weighted by Gasteiger charge is 2.33. The third-order valence-electron chi connectivity index (χ3n) is 6.35. The molecule has 1 aromatic carbocycles. The Morgan fingerprint density at radius 1 is 1.32 bits per heavy atom. The molecule has 2 heterocycles. The number of hydrogen-bond donors (Lipinski definition) is 1. The predicted octanol–water partition coefficient (Wildman–Crippen LogP) is 3.73. The molecular formula is C24H31FN4O2. The average molecular weight is 427 g/mol. The minimum absolute atomic E-state index is 0.0619. The van der Waals surface area contributed by atoms with Crippen LogP contribution in [0.4, 0.5) is 15.9 Å². The number of carbonyl (C=O) groups excluding carboxylic acids is 1. The predicted molar refractivity (Wildman–Crippen MR) is 121 cm³/mol. The molecule has 1 aliphatic heterocycles. The Morgan fingerprint density at radius 2 is 2.10 bits per heavy atom. The first kappa shape index (κ1) is 21.6. The highest BCUT2D eigenvalue weighted by Crippen LogP contribution is 2.47. The van der Waals surface area contributed by atoms with E-state index < -0.39 is 0 Å². The number of aromatic nitrogens is 1. The molecule has 1 amide bonds. The van der Waals surface area contributed by atoms with Crippen LogP contribution in [0.3, 0.4) is 0 Å². The van der Waals surface area contributed by atoms with Gasteiger partial charge in [0.05, 0.1) is 24.4 Å². The monoisotopic (exact) mass is 426 g/mol. The van der Waals surface area contributed by atoms with Crippen molar-refractivity contribution < 1.29 is 13.9 Å². The van der Waals surface area contributed by atoms with E-state index in [4.69, 9.17) is 15.5 Å². The molecule has 2 fully saturated rings. The molecule has 1 atom stereocenters. The molecular weight excluding hydrogens is 395 g/mol. The van der Waals surface area contributed by atoms with E-state index in [-0.39, 0.29) is 17.8 Å². The fraction of sp³-hybridized carbons (Fsp3) is 0.500. The molecule has 4 rings (SSSR count). The quantitative estimate of drug-likeness (QED) is 0.762. The Kier molecular flexibility index (Phi) is 6.14. The Balaban J connectivity index is 1.64. The standard InChI is InChI=1S/C24H31FN4O2/c1-15-14-28(10-11-29(15)20(30)9-12-31-3)24-22(26)16(2)21(23(27-24)17-7-8-17)18-5-4-6-19(25)13-18/h4-6,13,15,17H,7-12,14,26H2,1-3H3/t15-/m1/s1. The molecule has 2 aromatic rings. The lowest BCUT2D eigenvalue weighted by Crippen LogP contribution is -2.54. The molecule has 7 heteroatoms. The first-order chi connectivity index (χ1) is 14.9. The fourth-order valence-electron chi connectivity index (χ4n) is 4.48. The van der Waals surface area contributed by atoms with Crippen LogP contribution in [0, 0.1) is 12.7 Å². The molecule has 0 spiro atoms. The minimum Gasteiger partial charge on any atom is -0.396 e. The number of amides is 1. The van der Waals surface area contributed by atoms with E-state index in [1.165, 1.54) is 6.07 Å². The third kappa shape index (κ3) is 4.37. The third-order valence-corrected chi connectivity index (χ3v) is 6.35. The summed E-state index contributed by atoms with van der Waals surface area (Å²) in [6.45, 7) is 6.49. The zero-order valence-corrected chi connectivity index (χ0v) is 18.5. The highest BCUT2D eigenvalue weighted by molar-refractivity contribution is 5.82. The number of rotatable bonds is 6. The molecule has 0 unspecified atom stereocenters. The SMILES string of the molecule is COCCC(=O)N1CCN(c2nc(C3CC3)c(-c3cccc(F)c3)c(C)c2N)C[C@H]1C. The van der Waals surface area contributed by atoms with Gasteiger partial charge in [-0.15, -0.1) is 0 Å². The normalized spacial score (nSPS) is 19.0. The van der Waals surface area contributed by atoms with Crippen LogP contribution < -0.4 is 10.6 Å². The first-order valence-electron chi connectivity index (χ1n) is 11.0. The summed E-state index contributed by atoms with van der Waals surface area (Å²) >= 11 is 0. The number of methoxy groups -OCH3 is 1. The Labute approximate surface area is 183 Å². The van der Waals surface area contributed by atoms with Crippen molar-refractivity contribution in [3.05, 3.63) is 41.3 Å². The van der Waals surface area contributed by atoms with E-state index in [9.17, 15) is 9.18 Å². The van der Waals surface area contributed by atoms with Crippen LogP contribution in [-0.4, -0.2) is 55.2 Å². The van der Waals surface area contributed by atoms with Crippen molar-refractivity contribution in [2.75, 3.05) is 44.0 Å². The van der Waals surface area contributed by atoms with E-state index >= 15 is 0 Å². The van der Waals surface area contributed by atoms with Crippen LogP contribution in [-0.2, 0) is 9.53 Å². The second kappa shape index (κ2) is 8.83. The summed E-state index contributed by atoms with van der Waals surface area (Å²) in [4.78, 5) is 21.6. The molecule has 166 valence electrons. The average Bonchev–Trinajstić information content (AvgIpc) is 3.59.